The molecule has 0 aliphatic carbocycles. The average molecular weight is 350 g/mol. The zero-order valence-electron chi connectivity index (χ0n) is 12.4. The molecule has 2 rings (SSSR count). The first-order chi connectivity index (χ1) is 10.9. The average Bonchev–Trinajstić information content (AvgIpc) is 2.79. The predicted octanol–water partition coefficient (Wildman–Crippen LogP) is 2.68. The van der Waals surface area contributed by atoms with E-state index in [9.17, 15) is 22.8 Å². The molecule has 0 bridgehead atoms. The molecule has 0 atom stereocenters. The normalized spacial score (nSPS) is 16.0. The van der Waals surface area contributed by atoms with Gasteiger partial charge in [0.1, 0.15) is 0 Å². The van der Waals surface area contributed by atoms with Crippen molar-refractivity contribution >= 4 is 28.3 Å². The quantitative estimate of drug-likeness (QED) is 0.906. The number of halogens is 3. The van der Waals surface area contributed by atoms with Crippen LogP contribution in [0.3, 0.4) is 0 Å². The van der Waals surface area contributed by atoms with Crippen molar-refractivity contribution in [2.45, 2.75) is 44.7 Å². The molecule has 23 heavy (non-hydrogen) atoms. The van der Waals surface area contributed by atoms with Gasteiger partial charge in [-0.25, -0.2) is 0 Å². The second-order valence-corrected chi connectivity index (χ2v) is 6.23. The standard InChI is InChI=1S/C13H17F3N4O2S/c14-13(15,16)11-18-19-12(23-11)17-9(21)5-6-10(22)20-7-3-1-2-4-8-20/h1-8H2,(H,17,19,21). The van der Waals surface area contributed by atoms with Crippen molar-refractivity contribution in [2.75, 3.05) is 18.4 Å². The minimum absolute atomic E-state index is 0.0385. The molecule has 1 aliphatic heterocycles. The summed E-state index contributed by atoms with van der Waals surface area (Å²) < 4.78 is 37.1. The number of carbonyl (C=O) groups is 2. The number of nitrogens with one attached hydrogen (secondary N) is 1. The number of likely N-dealkylation sites (tertiary alicyclic amines) is 1. The molecular formula is C13H17F3N4O2S. The summed E-state index contributed by atoms with van der Waals surface area (Å²) in [4.78, 5) is 25.5. The summed E-state index contributed by atoms with van der Waals surface area (Å²) in [5.41, 5.74) is 0. The Morgan fingerprint density at radius 3 is 2.30 bits per heavy atom. The zero-order valence-corrected chi connectivity index (χ0v) is 13.2. The van der Waals surface area contributed by atoms with Gasteiger partial charge in [-0.2, -0.15) is 13.2 Å². The van der Waals surface area contributed by atoms with Crippen LogP contribution in [0.4, 0.5) is 18.3 Å². The molecule has 10 heteroatoms. The lowest BCUT2D eigenvalue weighted by Crippen LogP contribution is -2.32. The van der Waals surface area contributed by atoms with Crippen LogP contribution in [0.25, 0.3) is 0 Å². The highest BCUT2D eigenvalue weighted by molar-refractivity contribution is 7.15. The fraction of sp³-hybridized carbons (Fsp3) is 0.692. The summed E-state index contributed by atoms with van der Waals surface area (Å²) in [6, 6.07) is 0. The molecule has 1 N–H and O–H groups in total. The lowest BCUT2D eigenvalue weighted by molar-refractivity contribution is -0.138. The molecule has 0 radical (unpaired) electrons. The largest absolute Gasteiger partial charge is 0.445 e. The molecule has 1 saturated heterocycles. The van der Waals surface area contributed by atoms with Gasteiger partial charge >= 0.3 is 6.18 Å². The Labute approximate surface area is 135 Å². The van der Waals surface area contributed by atoms with Crippen LogP contribution in [0.15, 0.2) is 0 Å². The molecule has 128 valence electrons. The van der Waals surface area contributed by atoms with Crippen molar-refractivity contribution in [2.24, 2.45) is 0 Å². The second kappa shape index (κ2) is 7.71. The molecule has 2 amide bonds. The van der Waals surface area contributed by atoms with Crippen molar-refractivity contribution < 1.29 is 22.8 Å². The van der Waals surface area contributed by atoms with Crippen LogP contribution >= 0.6 is 11.3 Å². The van der Waals surface area contributed by atoms with Crippen LogP contribution < -0.4 is 5.32 Å². The van der Waals surface area contributed by atoms with Crippen molar-refractivity contribution in [3.05, 3.63) is 5.01 Å². The monoisotopic (exact) mass is 350 g/mol. The molecule has 0 spiro atoms. The van der Waals surface area contributed by atoms with Gasteiger partial charge in [0.2, 0.25) is 22.0 Å². The first-order valence-corrected chi connectivity index (χ1v) is 8.16. The first-order valence-electron chi connectivity index (χ1n) is 7.34. The van der Waals surface area contributed by atoms with Crippen LogP contribution in [0.5, 0.6) is 0 Å². The van der Waals surface area contributed by atoms with Crippen LogP contribution in [0, 0.1) is 0 Å². The molecule has 1 aromatic rings. The number of nitrogens with zero attached hydrogens (tertiary/aromatic N) is 3. The van der Waals surface area contributed by atoms with E-state index in [4.69, 9.17) is 0 Å². The highest BCUT2D eigenvalue weighted by Gasteiger charge is 2.35. The lowest BCUT2D eigenvalue weighted by Gasteiger charge is -2.19. The Hall–Kier alpha value is -1.71. The van der Waals surface area contributed by atoms with E-state index in [1.807, 2.05) is 0 Å². The fourth-order valence-corrected chi connectivity index (χ4v) is 2.90. The van der Waals surface area contributed by atoms with Crippen LogP contribution in [0.1, 0.15) is 43.5 Å². The van der Waals surface area contributed by atoms with Crippen molar-refractivity contribution in [3.63, 3.8) is 0 Å². The van der Waals surface area contributed by atoms with E-state index >= 15 is 0 Å². The highest BCUT2D eigenvalue weighted by atomic mass is 32.1. The van der Waals surface area contributed by atoms with Gasteiger partial charge in [0.15, 0.2) is 0 Å². The molecule has 0 unspecified atom stereocenters. The summed E-state index contributed by atoms with van der Waals surface area (Å²) in [5, 5.41) is 7.15. The maximum absolute atomic E-state index is 12.4. The number of rotatable bonds is 4. The number of hydrogen-bond acceptors (Lipinski definition) is 5. The summed E-state index contributed by atoms with van der Waals surface area (Å²) >= 11 is 0.259. The third kappa shape index (κ3) is 5.45. The van der Waals surface area contributed by atoms with Crippen molar-refractivity contribution in [1.82, 2.24) is 15.1 Å². The Kier molecular flexibility index (Phi) is 5.91. The Morgan fingerprint density at radius 2 is 1.74 bits per heavy atom. The zero-order chi connectivity index (χ0) is 16.9. The number of aromatic nitrogens is 2. The van der Waals surface area contributed by atoms with Gasteiger partial charge < -0.3 is 10.2 Å². The second-order valence-electron chi connectivity index (χ2n) is 5.25. The molecule has 0 saturated carbocycles. The molecule has 6 nitrogen and oxygen atoms in total. The molecule has 0 aromatic carbocycles. The Morgan fingerprint density at radius 1 is 1.09 bits per heavy atom. The van der Waals surface area contributed by atoms with Crippen molar-refractivity contribution in [1.29, 1.82) is 0 Å². The number of anilines is 1. The van der Waals surface area contributed by atoms with E-state index in [0.717, 1.165) is 25.7 Å². The summed E-state index contributed by atoms with van der Waals surface area (Å²) in [5.74, 6) is -0.645. The number of alkyl halides is 3. The van der Waals surface area contributed by atoms with E-state index in [2.05, 4.69) is 15.5 Å². The first kappa shape index (κ1) is 17.6. The van der Waals surface area contributed by atoms with Gasteiger partial charge in [-0.05, 0) is 12.8 Å². The number of carbonyl (C=O) groups excluding carboxylic acids is 2. The highest BCUT2D eigenvalue weighted by Crippen LogP contribution is 2.33. The number of amides is 2. The minimum atomic E-state index is -4.58. The fourth-order valence-electron chi connectivity index (χ4n) is 2.27. The maximum Gasteiger partial charge on any atom is 0.445 e. The Bertz CT molecular complexity index is 554. The van der Waals surface area contributed by atoms with Gasteiger partial charge in [0.25, 0.3) is 0 Å². The van der Waals surface area contributed by atoms with E-state index in [1.165, 1.54) is 0 Å². The molecule has 2 heterocycles. The maximum atomic E-state index is 12.4. The molecule has 1 aromatic heterocycles. The van der Waals surface area contributed by atoms with E-state index in [0.29, 0.717) is 13.1 Å². The third-order valence-corrected chi connectivity index (χ3v) is 4.32. The van der Waals surface area contributed by atoms with Gasteiger partial charge in [0, 0.05) is 25.9 Å². The summed E-state index contributed by atoms with van der Waals surface area (Å²) in [6.07, 6.45) is -0.506. The predicted molar refractivity (Wildman–Crippen MR) is 77.8 cm³/mol. The minimum Gasteiger partial charge on any atom is -0.343 e. The van der Waals surface area contributed by atoms with Crippen LogP contribution in [0.2, 0.25) is 0 Å². The topological polar surface area (TPSA) is 75.2 Å². The SMILES string of the molecule is O=C(CCC(=O)N1CCCCCC1)Nc1nnc(C(F)(F)F)s1. The van der Waals surface area contributed by atoms with Gasteiger partial charge in [-0.1, -0.05) is 24.2 Å². The van der Waals surface area contributed by atoms with Gasteiger partial charge in [-0.3, -0.25) is 9.59 Å². The smallest absolute Gasteiger partial charge is 0.343 e. The van der Waals surface area contributed by atoms with Crippen LogP contribution in [-0.4, -0.2) is 40.0 Å². The lowest BCUT2D eigenvalue weighted by atomic mass is 10.2. The summed E-state index contributed by atoms with van der Waals surface area (Å²) in [6.45, 7) is 1.40. The van der Waals surface area contributed by atoms with E-state index in [-0.39, 0.29) is 35.2 Å². The molecular weight excluding hydrogens is 333 g/mol. The van der Waals surface area contributed by atoms with Crippen molar-refractivity contribution in [3.8, 4) is 0 Å². The number of hydrogen-bond donors (Lipinski definition) is 1. The molecule has 1 fully saturated rings. The Balaban J connectivity index is 1.78. The third-order valence-electron chi connectivity index (χ3n) is 3.44. The summed E-state index contributed by atoms with van der Waals surface area (Å²) in [7, 11) is 0. The van der Waals surface area contributed by atoms with E-state index < -0.39 is 17.1 Å². The van der Waals surface area contributed by atoms with Gasteiger partial charge in [0.05, 0.1) is 0 Å². The van der Waals surface area contributed by atoms with E-state index in [1.54, 1.807) is 4.90 Å². The van der Waals surface area contributed by atoms with Gasteiger partial charge in [-0.15, -0.1) is 10.2 Å². The van der Waals surface area contributed by atoms with Crippen LogP contribution in [-0.2, 0) is 15.8 Å². The molecule has 1 aliphatic rings.